The molecule has 0 amide bonds. The van der Waals surface area contributed by atoms with Gasteiger partial charge in [-0.15, -0.1) is 11.3 Å². The number of anilines is 3. The van der Waals surface area contributed by atoms with Crippen molar-refractivity contribution >= 4 is 38.1 Å². The minimum atomic E-state index is -3.79. The van der Waals surface area contributed by atoms with E-state index in [1.807, 2.05) is 5.38 Å². The Bertz CT molecular complexity index is 1360. The lowest BCUT2D eigenvalue weighted by Gasteiger charge is -2.09. The maximum atomic E-state index is 12.7. The van der Waals surface area contributed by atoms with Crippen LogP contribution < -0.4 is 10.0 Å². The summed E-state index contributed by atoms with van der Waals surface area (Å²) in [6, 6.07) is 14.5. The largest absolute Gasteiger partial charge is 0.332 e. The summed E-state index contributed by atoms with van der Waals surface area (Å²) in [4.78, 5) is 13.1. The quantitative estimate of drug-likeness (QED) is 0.397. The molecule has 2 N–H and O–H groups in total. The van der Waals surface area contributed by atoms with Crippen molar-refractivity contribution in [2.45, 2.75) is 32.6 Å². The van der Waals surface area contributed by atoms with E-state index in [-0.39, 0.29) is 10.8 Å². The third-order valence-electron chi connectivity index (χ3n) is 4.79. The lowest BCUT2D eigenvalue weighted by atomic mass is 10.0. The van der Waals surface area contributed by atoms with Gasteiger partial charge in [0, 0.05) is 28.0 Å². The van der Waals surface area contributed by atoms with Gasteiger partial charge in [0.1, 0.15) is 0 Å². The molecule has 0 bridgehead atoms. The fourth-order valence-electron chi connectivity index (χ4n) is 3.35. The van der Waals surface area contributed by atoms with Gasteiger partial charge in [-0.3, -0.25) is 0 Å². The van der Waals surface area contributed by atoms with Gasteiger partial charge in [0.25, 0.3) is 10.0 Å². The first-order valence-corrected chi connectivity index (χ1v) is 12.3. The van der Waals surface area contributed by atoms with Crippen LogP contribution in [0.1, 0.15) is 22.5 Å². The summed E-state index contributed by atoms with van der Waals surface area (Å²) in [5, 5.41) is 5.98. The zero-order valence-electron chi connectivity index (χ0n) is 18.2. The van der Waals surface area contributed by atoms with Gasteiger partial charge in [-0.1, -0.05) is 23.8 Å². The molecule has 2 heterocycles. The fraction of sp³-hybridized carbons (Fsp3) is 0.174. The molecule has 0 aliphatic rings. The molecule has 0 saturated carbocycles. The van der Waals surface area contributed by atoms with E-state index in [0.717, 1.165) is 22.1 Å². The first kappa shape index (κ1) is 21.9. The van der Waals surface area contributed by atoms with Gasteiger partial charge in [-0.05, 0) is 63.6 Å². The molecule has 9 heteroatoms. The van der Waals surface area contributed by atoms with Crippen molar-refractivity contribution in [1.82, 2.24) is 15.0 Å². The summed E-state index contributed by atoms with van der Waals surface area (Å²) in [6.07, 6.45) is 0. The number of hydrogen-bond acceptors (Lipinski definition) is 7. The predicted octanol–water partition coefficient (Wildman–Crippen LogP) is 5.38. The van der Waals surface area contributed by atoms with E-state index in [1.165, 1.54) is 34.6 Å². The zero-order valence-corrected chi connectivity index (χ0v) is 19.8. The molecular formula is C23H23N5O2S2. The summed E-state index contributed by atoms with van der Waals surface area (Å²) >= 11 is 1.50. The predicted molar refractivity (Wildman–Crippen MR) is 129 cm³/mol. The lowest BCUT2D eigenvalue weighted by molar-refractivity contribution is 0.601. The molecule has 2 aromatic carbocycles. The number of aryl methyl sites for hydroxylation is 4. The van der Waals surface area contributed by atoms with E-state index in [2.05, 4.69) is 57.0 Å². The van der Waals surface area contributed by atoms with E-state index in [1.54, 1.807) is 32.0 Å². The number of nitrogens with one attached hydrogen (secondary N) is 2. The average Bonchev–Trinajstić information content (AvgIpc) is 3.15. The van der Waals surface area contributed by atoms with Crippen molar-refractivity contribution in [3.8, 4) is 11.3 Å². The minimum absolute atomic E-state index is 0.0615. The summed E-state index contributed by atoms with van der Waals surface area (Å²) < 4.78 is 27.8. The number of sulfonamides is 1. The second-order valence-corrected chi connectivity index (χ2v) is 10.1. The fourth-order valence-corrected chi connectivity index (χ4v) is 5.02. The van der Waals surface area contributed by atoms with Crippen molar-refractivity contribution in [1.29, 1.82) is 0 Å². The van der Waals surface area contributed by atoms with Gasteiger partial charge in [-0.2, -0.15) is 0 Å². The van der Waals surface area contributed by atoms with Crippen LogP contribution in [0.2, 0.25) is 0 Å². The van der Waals surface area contributed by atoms with Gasteiger partial charge < -0.3 is 5.32 Å². The second-order valence-electron chi connectivity index (χ2n) is 7.59. The van der Waals surface area contributed by atoms with Gasteiger partial charge in [-0.25, -0.2) is 28.1 Å². The van der Waals surface area contributed by atoms with E-state index in [4.69, 9.17) is 0 Å². The molecule has 0 aliphatic carbocycles. The van der Waals surface area contributed by atoms with Crippen LogP contribution in [0.15, 0.2) is 58.8 Å². The first-order chi connectivity index (χ1) is 15.2. The molecule has 0 atom stereocenters. The molecule has 4 rings (SSSR count). The van der Waals surface area contributed by atoms with Gasteiger partial charge in [0.15, 0.2) is 5.13 Å². The Morgan fingerprint density at radius 1 is 0.844 bits per heavy atom. The highest BCUT2D eigenvalue weighted by atomic mass is 32.2. The third-order valence-corrected chi connectivity index (χ3v) is 6.89. The van der Waals surface area contributed by atoms with E-state index in [0.29, 0.717) is 11.4 Å². The SMILES string of the molecule is Cc1ccc(-c2csc(Nc3ccc(S(=O)(=O)Nc4nc(C)cc(C)n4)cc3)n2)c(C)c1. The molecule has 2 aromatic heterocycles. The monoisotopic (exact) mass is 465 g/mol. The number of nitrogens with zero attached hydrogens (tertiary/aromatic N) is 3. The first-order valence-electron chi connectivity index (χ1n) is 9.95. The smallest absolute Gasteiger partial charge is 0.264 e. The summed E-state index contributed by atoms with van der Waals surface area (Å²) in [5.74, 6) is 0.0615. The topological polar surface area (TPSA) is 96.9 Å². The molecule has 32 heavy (non-hydrogen) atoms. The maximum Gasteiger partial charge on any atom is 0.264 e. The van der Waals surface area contributed by atoms with Crippen molar-refractivity contribution in [2.24, 2.45) is 0 Å². The Morgan fingerprint density at radius 2 is 1.53 bits per heavy atom. The molecule has 0 aliphatic heterocycles. The molecule has 7 nitrogen and oxygen atoms in total. The van der Waals surface area contributed by atoms with Gasteiger partial charge in [0.2, 0.25) is 5.95 Å². The van der Waals surface area contributed by atoms with E-state index < -0.39 is 10.0 Å². The Labute approximate surface area is 191 Å². The van der Waals surface area contributed by atoms with E-state index in [9.17, 15) is 8.42 Å². The van der Waals surface area contributed by atoms with Crippen molar-refractivity contribution in [3.05, 3.63) is 76.4 Å². The molecule has 0 spiro atoms. The lowest BCUT2D eigenvalue weighted by Crippen LogP contribution is -2.15. The summed E-state index contributed by atoms with van der Waals surface area (Å²) in [6.45, 7) is 7.72. The molecule has 0 radical (unpaired) electrons. The van der Waals surface area contributed by atoms with Crippen LogP contribution in [0.4, 0.5) is 16.8 Å². The number of rotatable bonds is 6. The maximum absolute atomic E-state index is 12.7. The van der Waals surface area contributed by atoms with Crippen molar-refractivity contribution in [2.75, 3.05) is 10.0 Å². The van der Waals surface area contributed by atoms with Crippen molar-refractivity contribution in [3.63, 3.8) is 0 Å². The Morgan fingerprint density at radius 3 is 2.19 bits per heavy atom. The standard InChI is InChI=1S/C23H23N5O2S2/c1-14-5-10-20(15(2)11-14)21-13-31-23(27-21)26-18-6-8-19(9-7-18)32(29,30)28-22-24-16(3)12-17(4)25-22/h5-13H,1-4H3,(H,26,27)(H,24,25,28). The third kappa shape index (κ3) is 4.95. The molecule has 0 saturated heterocycles. The van der Waals surface area contributed by atoms with Crippen molar-refractivity contribution < 1.29 is 8.42 Å². The highest BCUT2D eigenvalue weighted by molar-refractivity contribution is 7.92. The number of benzene rings is 2. The zero-order chi connectivity index (χ0) is 22.9. The highest BCUT2D eigenvalue weighted by Crippen LogP contribution is 2.30. The van der Waals surface area contributed by atoms with Crippen LogP contribution in [0, 0.1) is 27.7 Å². The van der Waals surface area contributed by atoms with Crippen LogP contribution >= 0.6 is 11.3 Å². The van der Waals surface area contributed by atoms with Crippen LogP contribution in [-0.4, -0.2) is 23.4 Å². The molecule has 0 unspecified atom stereocenters. The Balaban J connectivity index is 1.49. The molecule has 164 valence electrons. The molecular weight excluding hydrogens is 442 g/mol. The minimum Gasteiger partial charge on any atom is -0.332 e. The van der Waals surface area contributed by atoms with Crippen LogP contribution in [-0.2, 0) is 10.0 Å². The van der Waals surface area contributed by atoms with Crippen LogP contribution in [0.5, 0.6) is 0 Å². The van der Waals surface area contributed by atoms with Gasteiger partial charge >= 0.3 is 0 Å². The Kier molecular flexibility index (Phi) is 5.94. The number of aromatic nitrogens is 3. The molecule has 4 aromatic rings. The Hall–Kier alpha value is -3.30. The summed E-state index contributed by atoms with van der Waals surface area (Å²) in [7, 11) is -3.79. The van der Waals surface area contributed by atoms with Crippen LogP contribution in [0.3, 0.4) is 0 Å². The average molecular weight is 466 g/mol. The number of thiazole rings is 1. The van der Waals surface area contributed by atoms with Crippen LogP contribution in [0.25, 0.3) is 11.3 Å². The van der Waals surface area contributed by atoms with E-state index >= 15 is 0 Å². The normalized spacial score (nSPS) is 11.4. The summed E-state index contributed by atoms with van der Waals surface area (Å²) in [5.41, 5.74) is 6.53. The highest BCUT2D eigenvalue weighted by Gasteiger charge is 2.16. The number of hydrogen-bond donors (Lipinski definition) is 2. The van der Waals surface area contributed by atoms with Gasteiger partial charge in [0.05, 0.1) is 10.6 Å². The second kappa shape index (κ2) is 8.68. The molecule has 0 fully saturated rings.